The third-order valence-corrected chi connectivity index (χ3v) is 5.14. The molecule has 150 valence electrons. The highest BCUT2D eigenvalue weighted by atomic mass is 16.5. The van der Waals surface area contributed by atoms with Crippen molar-refractivity contribution < 1.29 is 19.1 Å². The Morgan fingerprint density at radius 1 is 1.04 bits per heavy atom. The number of hydrogen-bond donors (Lipinski definition) is 0. The molecule has 27 heavy (non-hydrogen) atoms. The zero-order chi connectivity index (χ0) is 19.5. The molecule has 0 saturated heterocycles. The molecule has 5 heteroatoms. The summed E-state index contributed by atoms with van der Waals surface area (Å²) in [7, 11) is 0. The molecule has 0 N–H and O–H groups in total. The van der Waals surface area contributed by atoms with Gasteiger partial charge in [0.15, 0.2) is 6.61 Å². The second kappa shape index (κ2) is 11.6. The van der Waals surface area contributed by atoms with E-state index in [0.29, 0.717) is 18.9 Å². The van der Waals surface area contributed by atoms with E-state index in [1.807, 2.05) is 29.2 Å². The molecule has 2 rings (SSSR count). The minimum Gasteiger partial charge on any atom is -0.484 e. The zero-order valence-corrected chi connectivity index (χ0v) is 16.7. The van der Waals surface area contributed by atoms with E-state index in [1.54, 1.807) is 6.92 Å². The predicted molar refractivity (Wildman–Crippen MR) is 106 cm³/mol. The van der Waals surface area contributed by atoms with Crippen molar-refractivity contribution in [2.24, 2.45) is 0 Å². The van der Waals surface area contributed by atoms with E-state index < -0.39 is 0 Å². The number of benzene rings is 1. The summed E-state index contributed by atoms with van der Waals surface area (Å²) in [5, 5.41) is 0. The molecule has 0 atom stereocenters. The van der Waals surface area contributed by atoms with Crippen LogP contribution in [0.2, 0.25) is 0 Å². The standard InChI is InChI=1S/C22H33NO4/c1-3-18-11-13-20(14-12-18)27-17-21(24)23(16-15-22(25)26-4-2)19-9-7-5-6-8-10-19/h11-14,19H,3-10,15-17H2,1-2H3. The maximum atomic E-state index is 12.9. The Balaban J connectivity index is 1.96. The van der Waals surface area contributed by atoms with Crippen molar-refractivity contribution in [2.45, 2.75) is 71.3 Å². The second-order valence-electron chi connectivity index (χ2n) is 7.07. The molecule has 5 nitrogen and oxygen atoms in total. The third-order valence-electron chi connectivity index (χ3n) is 5.14. The molecule has 1 saturated carbocycles. The normalized spacial score (nSPS) is 15.0. The van der Waals surface area contributed by atoms with Gasteiger partial charge in [-0.05, 0) is 43.9 Å². The maximum absolute atomic E-state index is 12.9. The van der Waals surface area contributed by atoms with E-state index in [2.05, 4.69) is 6.92 Å². The van der Waals surface area contributed by atoms with Gasteiger partial charge >= 0.3 is 5.97 Å². The Labute approximate surface area is 163 Å². The molecule has 0 unspecified atom stereocenters. The first-order chi connectivity index (χ1) is 13.1. The number of nitrogens with zero attached hydrogens (tertiary/aromatic N) is 1. The lowest BCUT2D eigenvalue weighted by Crippen LogP contribution is -2.44. The Morgan fingerprint density at radius 2 is 1.70 bits per heavy atom. The van der Waals surface area contributed by atoms with Gasteiger partial charge in [-0.15, -0.1) is 0 Å². The van der Waals surface area contributed by atoms with E-state index in [4.69, 9.17) is 9.47 Å². The Morgan fingerprint density at radius 3 is 2.30 bits per heavy atom. The van der Waals surface area contributed by atoms with Crippen molar-refractivity contribution in [3.05, 3.63) is 29.8 Å². The van der Waals surface area contributed by atoms with Crippen LogP contribution < -0.4 is 4.74 Å². The highest BCUT2D eigenvalue weighted by Gasteiger charge is 2.25. The van der Waals surface area contributed by atoms with Crippen molar-refractivity contribution >= 4 is 11.9 Å². The summed E-state index contributed by atoms with van der Waals surface area (Å²) in [5.74, 6) is 0.400. The van der Waals surface area contributed by atoms with Crippen LogP contribution >= 0.6 is 0 Å². The van der Waals surface area contributed by atoms with Gasteiger partial charge in [-0.2, -0.15) is 0 Å². The van der Waals surface area contributed by atoms with Crippen molar-refractivity contribution in [3.8, 4) is 5.75 Å². The van der Waals surface area contributed by atoms with E-state index in [0.717, 1.165) is 32.1 Å². The van der Waals surface area contributed by atoms with Gasteiger partial charge in [-0.1, -0.05) is 44.7 Å². The number of ether oxygens (including phenoxy) is 2. The van der Waals surface area contributed by atoms with Gasteiger partial charge in [0.1, 0.15) is 5.75 Å². The van der Waals surface area contributed by atoms with E-state index in [9.17, 15) is 9.59 Å². The molecule has 1 aromatic rings. The summed E-state index contributed by atoms with van der Waals surface area (Å²) in [6.45, 7) is 4.68. The van der Waals surface area contributed by atoms with Crippen molar-refractivity contribution in [1.29, 1.82) is 0 Å². The van der Waals surface area contributed by atoms with Crippen LogP contribution in [-0.4, -0.2) is 42.6 Å². The lowest BCUT2D eigenvalue weighted by Gasteiger charge is -2.31. The quantitative estimate of drug-likeness (QED) is 0.481. The minimum absolute atomic E-state index is 0.00476. The van der Waals surface area contributed by atoms with Gasteiger partial charge in [0.2, 0.25) is 0 Å². The summed E-state index contributed by atoms with van der Waals surface area (Å²) in [5.41, 5.74) is 1.24. The monoisotopic (exact) mass is 375 g/mol. The summed E-state index contributed by atoms with van der Waals surface area (Å²) < 4.78 is 10.7. The number of hydrogen-bond acceptors (Lipinski definition) is 4. The first-order valence-electron chi connectivity index (χ1n) is 10.3. The summed E-state index contributed by atoms with van der Waals surface area (Å²) in [4.78, 5) is 26.5. The molecule has 0 bridgehead atoms. The number of carbonyl (C=O) groups excluding carboxylic acids is 2. The highest BCUT2D eigenvalue weighted by molar-refractivity contribution is 5.79. The van der Waals surface area contributed by atoms with Crippen molar-refractivity contribution in [2.75, 3.05) is 19.8 Å². The number of aryl methyl sites for hydroxylation is 1. The van der Waals surface area contributed by atoms with Crippen molar-refractivity contribution in [3.63, 3.8) is 0 Å². The molecule has 1 aliphatic carbocycles. The minimum atomic E-state index is -0.250. The largest absolute Gasteiger partial charge is 0.484 e. The van der Waals surface area contributed by atoms with Crippen LogP contribution in [0.3, 0.4) is 0 Å². The number of rotatable bonds is 9. The molecular weight excluding hydrogens is 342 g/mol. The second-order valence-corrected chi connectivity index (χ2v) is 7.07. The van der Waals surface area contributed by atoms with Gasteiger partial charge < -0.3 is 14.4 Å². The van der Waals surface area contributed by atoms with Crippen LogP contribution in [0.5, 0.6) is 5.75 Å². The van der Waals surface area contributed by atoms with Crippen LogP contribution in [0.25, 0.3) is 0 Å². The molecular formula is C22H33NO4. The molecule has 1 aliphatic rings. The van der Waals surface area contributed by atoms with Crippen LogP contribution in [-0.2, 0) is 20.7 Å². The summed E-state index contributed by atoms with van der Waals surface area (Å²) in [6.07, 6.45) is 7.91. The molecule has 0 radical (unpaired) electrons. The fourth-order valence-electron chi connectivity index (χ4n) is 3.57. The van der Waals surface area contributed by atoms with E-state index in [-0.39, 0.29) is 30.9 Å². The lowest BCUT2D eigenvalue weighted by atomic mass is 10.1. The maximum Gasteiger partial charge on any atom is 0.307 e. The van der Waals surface area contributed by atoms with Crippen LogP contribution in [0.15, 0.2) is 24.3 Å². The summed E-state index contributed by atoms with van der Waals surface area (Å²) >= 11 is 0. The van der Waals surface area contributed by atoms with Crippen LogP contribution in [0, 0.1) is 0 Å². The Kier molecular flexibility index (Phi) is 9.16. The van der Waals surface area contributed by atoms with Gasteiger partial charge in [0.05, 0.1) is 13.0 Å². The molecule has 1 amide bonds. The average Bonchev–Trinajstić information content (AvgIpc) is 2.96. The molecule has 0 spiro atoms. The van der Waals surface area contributed by atoms with E-state index in [1.165, 1.54) is 18.4 Å². The molecule has 0 aliphatic heterocycles. The van der Waals surface area contributed by atoms with Gasteiger partial charge in [-0.3, -0.25) is 9.59 Å². The van der Waals surface area contributed by atoms with Gasteiger partial charge in [0.25, 0.3) is 5.91 Å². The van der Waals surface area contributed by atoms with Crippen LogP contribution in [0.1, 0.15) is 64.4 Å². The fourth-order valence-corrected chi connectivity index (χ4v) is 3.57. The smallest absolute Gasteiger partial charge is 0.307 e. The number of carbonyl (C=O) groups is 2. The summed E-state index contributed by atoms with van der Waals surface area (Å²) in [6, 6.07) is 8.04. The topological polar surface area (TPSA) is 55.8 Å². The van der Waals surface area contributed by atoms with E-state index >= 15 is 0 Å². The first-order valence-corrected chi connectivity index (χ1v) is 10.3. The molecule has 1 fully saturated rings. The highest BCUT2D eigenvalue weighted by Crippen LogP contribution is 2.23. The third kappa shape index (κ3) is 7.24. The number of amides is 1. The lowest BCUT2D eigenvalue weighted by molar-refractivity contribution is -0.145. The van der Waals surface area contributed by atoms with Gasteiger partial charge in [0, 0.05) is 12.6 Å². The predicted octanol–water partition coefficient (Wildman–Crippen LogP) is 4.13. The van der Waals surface area contributed by atoms with Gasteiger partial charge in [-0.25, -0.2) is 0 Å². The Hall–Kier alpha value is -2.04. The molecule has 0 heterocycles. The average molecular weight is 376 g/mol. The Bertz CT molecular complexity index is 576. The SMILES string of the molecule is CCOC(=O)CCN(C(=O)COc1ccc(CC)cc1)C1CCCCCC1. The fraction of sp³-hybridized carbons (Fsp3) is 0.636. The van der Waals surface area contributed by atoms with Crippen LogP contribution in [0.4, 0.5) is 0 Å². The van der Waals surface area contributed by atoms with Crippen molar-refractivity contribution in [1.82, 2.24) is 4.90 Å². The zero-order valence-electron chi connectivity index (χ0n) is 16.7. The number of esters is 1. The molecule has 1 aromatic carbocycles. The molecule has 0 aromatic heterocycles. The first kappa shape index (κ1) is 21.3.